The van der Waals surface area contributed by atoms with Crippen LogP contribution in [0.3, 0.4) is 0 Å². The third-order valence-corrected chi connectivity index (χ3v) is 6.14. The van der Waals surface area contributed by atoms with Crippen molar-refractivity contribution in [2.24, 2.45) is 5.92 Å². The maximum absolute atomic E-state index is 12.6. The van der Waals surface area contributed by atoms with E-state index >= 15 is 0 Å². The Morgan fingerprint density at radius 2 is 1.88 bits per heavy atom. The number of nitrogens with zero attached hydrogens (tertiary/aromatic N) is 1. The molecule has 0 aliphatic heterocycles. The lowest BCUT2D eigenvalue weighted by Crippen LogP contribution is -2.37. The number of hydrogen-bond acceptors (Lipinski definition) is 3. The van der Waals surface area contributed by atoms with Crippen LogP contribution in [-0.2, 0) is 11.2 Å². The van der Waals surface area contributed by atoms with Crippen molar-refractivity contribution in [1.29, 1.82) is 0 Å². The van der Waals surface area contributed by atoms with E-state index in [-0.39, 0.29) is 11.9 Å². The lowest BCUT2D eigenvalue weighted by molar-refractivity contribution is -0.117. The summed E-state index contributed by atoms with van der Waals surface area (Å²) in [7, 11) is 1.68. The van der Waals surface area contributed by atoms with Gasteiger partial charge in [0.1, 0.15) is 5.75 Å². The van der Waals surface area contributed by atoms with Crippen LogP contribution in [-0.4, -0.2) is 24.0 Å². The molecule has 0 unspecified atom stereocenters. The maximum atomic E-state index is 12.6. The molecule has 1 atom stereocenters. The van der Waals surface area contributed by atoms with Gasteiger partial charge in [-0.1, -0.05) is 70.4 Å². The van der Waals surface area contributed by atoms with Gasteiger partial charge in [0, 0.05) is 24.5 Å². The van der Waals surface area contributed by atoms with Crippen molar-refractivity contribution in [2.75, 3.05) is 7.11 Å². The molecule has 1 aromatic carbocycles. The molecule has 0 fully saturated rings. The molecule has 1 N–H and O–H groups in total. The zero-order chi connectivity index (χ0) is 24.6. The van der Waals surface area contributed by atoms with Gasteiger partial charge in [-0.3, -0.25) is 9.78 Å². The van der Waals surface area contributed by atoms with Crippen molar-refractivity contribution < 1.29 is 9.53 Å². The number of rotatable bonds is 15. The quantitative estimate of drug-likeness (QED) is 0.173. The van der Waals surface area contributed by atoms with E-state index in [9.17, 15) is 4.79 Å². The lowest BCUT2D eigenvalue weighted by Gasteiger charge is -2.21. The van der Waals surface area contributed by atoms with Crippen molar-refractivity contribution in [2.45, 2.75) is 78.2 Å². The highest BCUT2D eigenvalue weighted by atomic mass is 16.5. The van der Waals surface area contributed by atoms with Crippen molar-refractivity contribution in [1.82, 2.24) is 10.3 Å². The van der Waals surface area contributed by atoms with Gasteiger partial charge in [-0.15, -0.1) is 0 Å². The SMILES string of the molecule is CCCCCCC(=CC=CC(=O)N[C@H](CCCc1cccnc1)C(C)C)c1ccc(OC)cc1. The van der Waals surface area contributed by atoms with Gasteiger partial charge in [0.15, 0.2) is 0 Å². The van der Waals surface area contributed by atoms with Gasteiger partial charge in [-0.05, 0) is 72.9 Å². The Bertz CT molecular complexity index is 886. The van der Waals surface area contributed by atoms with Crippen LogP contribution < -0.4 is 10.1 Å². The van der Waals surface area contributed by atoms with Crippen molar-refractivity contribution in [3.05, 3.63) is 78.1 Å². The average Bonchev–Trinajstić information content (AvgIpc) is 2.85. The van der Waals surface area contributed by atoms with Crippen LogP contribution in [0.15, 0.2) is 67.0 Å². The summed E-state index contributed by atoms with van der Waals surface area (Å²) >= 11 is 0. The van der Waals surface area contributed by atoms with E-state index in [4.69, 9.17) is 4.74 Å². The van der Waals surface area contributed by atoms with Crippen molar-refractivity contribution in [3.63, 3.8) is 0 Å². The molecule has 0 bridgehead atoms. The molecule has 0 aliphatic carbocycles. The Labute approximate surface area is 206 Å². The summed E-state index contributed by atoms with van der Waals surface area (Å²) in [6.45, 7) is 6.55. The van der Waals surface area contributed by atoms with Crippen LogP contribution in [0.5, 0.6) is 5.75 Å². The first-order chi connectivity index (χ1) is 16.5. The number of allylic oxidation sites excluding steroid dienone is 3. The smallest absolute Gasteiger partial charge is 0.244 e. The number of amides is 1. The van der Waals surface area contributed by atoms with Crippen LogP contribution in [0.2, 0.25) is 0 Å². The molecule has 0 spiro atoms. The predicted octanol–water partition coefficient (Wildman–Crippen LogP) is 7.16. The number of carbonyl (C=O) groups is 1. The summed E-state index contributed by atoms with van der Waals surface area (Å²) in [5.41, 5.74) is 3.67. The van der Waals surface area contributed by atoms with E-state index in [2.05, 4.69) is 55.3 Å². The molecule has 1 aromatic heterocycles. The van der Waals surface area contributed by atoms with E-state index in [1.54, 1.807) is 19.4 Å². The molecule has 0 radical (unpaired) electrons. The van der Waals surface area contributed by atoms with E-state index in [1.165, 1.54) is 36.0 Å². The van der Waals surface area contributed by atoms with Gasteiger partial charge >= 0.3 is 0 Å². The summed E-state index contributed by atoms with van der Waals surface area (Å²) in [5, 5.41) is 3.20. The molecule has 0 saturated heterocycles. The summed E-state index contributed by atoms with van der Waals surface area (Å²) in [6.07, 6.45) is 18.2. The number of aryl methyl sites for hydroxylation is 1. The van der Waals surface area contributed by atoms with Crippen LogP contribution in [0, 0.1) is 5.92 Å². The molecule has 0 aliphatic rings. The molecule has 2 aromatic rings. The number of aromatic nitrogens is 1. The number of hydrogen-bond donors (Lipinski definition) is 1. The topological polar surface area (TPSA) is 51.2 Å². The molecule has 0 saturated carbocycles. The minimum absolute atomic E-state index is 0.0311. The summed E-state index contributed by atoms with van der Waals surface area (Å²) in [4.78, 5) is 16.8. The minimum atomic E-state index is -0.0311. The van der Waals surface area contributed by atoms with Crippen LogP contribution in [0.1, 0.15) is 76.8 Å². The van der Waals surface area contributed by atoms with Gasteiger partial charge < -0.3 is 10.1 Å². The number of unbranched alkanes of at least 4 members (excludes halogenated alkanes) is 3. The monoisotopic (exact) mass is 462 g/mol. The molecule has 2 rings (SSSR count). The first kappa shape index (κ1) is 27.4. The highest BCUT2D eigenvalue weighted by molar-refractivity contribution is 5.88. The largest absolute Gasteiger partial charge is 0.497 e. The Morgan fingerprint density at radius 3 is 2.53 bits per heavy atom. The van der Waals surface area contributed by atoms with Crippen LogP contribution in [0.25, 0.3) is 5.57 Å². The van der Waals surface area contributed by atoms with Gasteiger partial charge in [-0.2, -0.15) is 0 Å². The van der Waals surface area contributed by atoms with Crippen molar-refractivity contribution in [3.8, 4) is 5.75 Å². The van der Waals surface area contributed by atoms with Gasteiger partial charge in [0.25, 0.3) is 0 Å². The third kappa shape index (κ3) is 10.4. The molecule has 4 heteroatoms. The fraction of sp³-hybridized carbons (Fsp3) is 0.467. The Balaban J connectivity index is 1.96. The second kappa shape index (κ2) is 15.9. The number of nitrogens with one attached hydrogen (secondary N) is 1. The zero-order valence-corrected chi connectivity index (χ0v) is 21.4. The minimum Gasteiger partial charge on any atom is -0.497 e. The molecular weight excluding hydrogens is 420 g/mol. The van der Waals surface area contributed by atoms with E-state index in [1.807, 2.05) is 30.5 Å². The summed E-state index contributed by atoms with van der Waals surface area (Å²) in [6, 6.07) is 12.4. The van der Waals surface area contributed by atoms with Crippen LogP contribution in [0.4, 0.5) is 0 Å². The van der Waals surface area contributed by atoms with E-state index < -0.39 is 0 Å². The fourth-order valence-electron chi connectivity index (χ4n) is 4.00. The van der Waals surface area contributed by atoms with Crippen LogP contribution >= 0.6 is 0 Å². The van der Waals surface area contributed by atoms with Gasteiger partial charge in [0.2, 0.25) is 5.91 Å². The average molecular weight is 463 g/mol. The molecule has 184 valence electrons. The normalized spacial score (nSPS) is 12.8. The molecule has 34 heavy (non-hydrogen) atoms. The number of ether oxygens (including phenoxy) is 1. The maximum Gasteiger partial charge on any atom is 0.244 e. The second-order valence-electron chi connectivity index (χ2n) is 9.20. The highest BCUT2D eigenvalue weighted by Gasteiger charge is 2.14. The number of benzene rings is 1. The number of pyridine rings is 1. The first-order valence-electron chi connectivity index (χ1n) is 12.7. The standard InChI is InChI=1S/C30H42N2O2/c1-5-6-7-8-14-26(27-18-20-28(34-4)21-19-27)15-10-17-30(33)32-29(24(2)3)16-9-12-25-13-11-22-31-23-25/h10-11,13,15,17-24,29H,5-9,12,14,16H2,1-4H3,(H,32,33)/t29-/m1/s1. The van der Waals surface area contributed by atoms with Crippen molar-refractivity contribution >= 4 is 11.5 Å². The first-order valence-corrected chi connectivity index (χ1v) is 12.7. The fourth-order valence-corrected chi connectivity index (χ4v) is 4.00. The van der Waals surface area contributed by atoms with Gasteiger partial charge in [0.05, 0.1) is 7.11 Å². The zero-order valence-electron chi connectivity index (χ0n) is 21.4. The number of carbonyl (C=O) groups excluding carboxylic acids is 1. The lowest BCUT2D eigenvalue weighted by atomic mass is 9.97. The number of methoxy groups -OCH3 is 1. The molecular formula is C30H42N2O2. The van der Waals surface area contributed by atoms with Gasteiger partial charge in [-0.25, -0.2) is 0 Å². The van der Waals surface area contributed by atoms with E-state index in [0.29, 0.717) is 5.92 Å². The third-order valence-electron chi connectivity index (χ3n) is 6.14. The highest BCUT2D eigenvalue weighted by Crippen LogP contribution is 2.24. The second-order valence-corrected chi connectivity index (χ2v) is 9.20. The Hall–Kier alpha value is -2.88. The summed E-state index contributed by atoms with van der Waals surface area (Å²) < 4.78 is 5.29. The summed E-state index contributed by atoms with van der Waals surface area (Å²) in [5.74, 6) is 1.21. The molecule has 1 amide bonds. The predicted molar refractivity (Wildman–Crippen MR) is 143 cm³/mol. The Morgan fingerprint density at radius 1 is 1.09 bits per heavy atom. The molecule has 1 heterocycles. The van der Waals surface area contributed by atoms with E-state index in [0.717, 1.165) is 37.9 Å². The molecule has 4 nitrogen and oxygen atoms in total. The Kier molecular flexibility index (Phi) is 12.8.